The van der Waals surface area contributed by atoms with E-state index in [-0.39, 0.29) is 30.4 Å². The van der Waals surface area contributed by atoms with E-state index >= 15 is 0 Å². The fourth-order valence-electron chi connectivity index (χ4n) is 2.95. The van der Waals surface area contributed by atoms with Crippen LogP contribution in [0, 0.1) is 11.8 Å². The van der Waals surface area contributed by atoms with E-state index in [0.29, 0.717) is 13.0 Å². The summed E-state index contributed by atoms with van der Waals surface area (Å²) in [4.78, 5) is 24.6. The van der Waals surface area contributed by atoms with E-state index in [0.717, 1.165) is 37.7 Å². The monoisotopic (exact) mass is 318 g/mol. The van der Waals surface area contributed by atoms with Crippen molar-refractivity contribution in [2.45, 2.75) is 52.1 Å². The summed E-state index contributed by atoms with van der Waals surface area (Å²) in [5, 5.41) is 0. The maximum atomic E-state index is 12.4. The second-order valence-corrected chi connectivity index (χ2v) is 6.11. The second-order valence-electron chi connectivity index (χ2n) is 6.11. The highest BCUT2D eigenvalue weighted by molar-refractivity contribution is 5.82. The van der Waals surface area contributed by atoms with Crippen molar-refractivity contribution in [3.63, 3.8) is 0 Å². The number of hydrogen-bond donors (Lipinski definition) is 0. The summed E-state index contributed by atoms with van der Waals surface area (Å²) in [5.41, 5.74) is 0.957. The Hall–Kier alpha value is -1.84. The van der Waals surface area contributed by atoms with Gasteiger partial charge >= 0.3 is 11.9 Å². The van der Waals surface area contributed by atoms with Crippen LogP contribution in [0.4, 0.5) is 0 Å². The summed E-state index contributed by atoms with van der Waals surface area (Å²) >= 11 is 0. The standard InChI is InChI=1S/C19H26O4/c1-2-3-13-22-18(20)16-11-7-8-12-17(16)19(21)23-14-15-9-5-4-6-10-15/h4-6,9-10,16-17H,2-3,7-8,11-14H2,1H3/t16-,17+/m1/s1. The van der Waals surface area contributed by atoms with Gasteiger partial charge in [-0.15, -0.1) is 0 Å². The zero-order chi connectivity index (χ0) is 16.5. The van der Waals surface area contributed by atoms with Crippen molar-refractivity contribution >= 4 is 11.9 Å². The van der Waals surface area contributed by atoms with Crippen LogP contribution in [0.25, 0.3) is 0 Å². The van der Waals surface area contributed by atoms with Crippen molar-refractivity contribution in [2.24, 2.45) is 11.8 Å². The van der Waals surface area contributed by atoms with Gasteiger partial charge in [0.15, 0.2) is 0 Å². The topological polar surface area (TPSA) is 52.6 Å². The zero-order valence-corrected chi connectivity index (χ0v) is 13.8. The molecule has 4 heteroatoms. The first kappa shape index (κ1) is 17.5. The Morgan fingerprint density at radius 2 is 1.61 bits per heavy atom. The van der Waals surface area contributed by atoms with E-state index in [4.69, 9.17) is 9.47 Å². The van der Waals surface area contributed by atoms with Gasteiger partial charge in [-0.2, -0.15) is 0 Å². The molecule has 0 radical (unpaired) electrons. The van der Waals surface area contributed by atoms with E-state index in [1.165, 1.54) is 0 Å². The molecule has 0 bridgehead atoms. The number of carbonyl (C=O) groups is 2. The molecule has 23 heavy (non-hydrogen) atoms. The molecule has 0 heterocycles. The molecule has 1 aliphatic rings. The van der Waals surface area contributed by atoms with Crippen molar-refractivity contribution in [1.29, 1.82) is 0 Å². The van der Waals surface area contributed by atoms with Crippen molar-refractivity contribution in [3.05, 3.63) is 35.9 Å². The van der Waals surface area contributed by atoms with Crippen LogP contribution >= 0.6 is 0 Å². The predicted molar refractivity (Wildman–Crippen MR) is 87.6 cm³/mol. The molecule has 2 rings (SSSR count). The molecule has 1 fully saturated rings. The molecule has 1 aromatic rings. The van der Waals surface area contributed by atoms with Crippen molar-refractivity contribution in [1.82, 2.24) is 0 Å². The van der Waals surface area contributed by atoms with Gasteiger partial charge in [-0.05, 0) is 24.8 Å². The minimum Gasteiger partial charge on any atom is -0.465 e. The van der Waals surface area contributed by atoms with Crippen LogP contribution in [-0.4, -0.2) is 18.5 Å². The number of hydrogen-bond acceptors (Lipinski definition) is 4. The lowest BCUT2D eigenvalue weighted by Crippen LogP contribution is -2.35. The highest BCUT2D eigenvalue weighted by Gasteiger charge is 2.37. The van der Waals surface area contributed by atoms with E-state index < -0.39 is 0 Å². The maximum absolute atomic E-state index is 12.4. The molecule has 0 N–H and O–H groups in total. The SMILES string of the molecule is CCCCOC(=O)[C@@H]1CCCC[C@@H]1C(=O)OCc1ccccc1. The second kappa shape index (κ2) is 9.33. The minimum atomic E-state index is -0.360. The van der Waals surface area contributed by atoms with Crippen molar-refractivity contribution < 1.29 is 19.1 Å². The average Bonchev–Trinajstić information content (AvgIpc) is 2.60. The van der Waals surface area contributed by atoms with Crippen LogP contribution < -0.4 is 0 Å². The van der Waals surface area contributed by atoms with E-state index in [1.807, 2.05) is 30.3 Å². The summed E-state index contributed by atoms with van der Waals surface area (Å²) in [7, 11) is 0. The molecular formula is C19H26O4. The summed E-state index contributed by atoms with van der Waals surface area (Å²) in [6.07, 6.45) is 5.21. The van der Waals surface area contributed by atoms with Crippen LogP contribution in [0.2, 0.25) is 0 Å². The van der Waals surface area contributed by atoms with E-state index in [1.54, 1.807) is 0 Å². The Labute approximate surface area is 138 Å². The summed E-state index contributed by atoms with van der Waals surface area (Å²) in [6.45, 7) is 2.75. The number of rotatable bonds is 7. The van der Waals surface area contributed by atoms with Gasteiger partial charge in [0.2, 0.25) is 0 Å². The molecule has 0 spiro atoms. The fraction of sp³-hybridized carbons (Fsp3) is 0.579. The molecule has 1 aliphatic carbocycles. The molecule has 126 valence electrons. The Kier molecular flexibility index (Phi) is 7.11. The smallest absolute Gasteiger partial charge is 0.310 e. The number of benzene rings is 1. The van der Waals surface area contributed by atoms with Crippen molar-refractivity contribution in [3.8, 4) is 0 Å². The highest BCUT2D eigenvalue weighted by Crippen LogP contribution is 2.32. The minimum absolute atomic E-state index is 0.236. The molecule has 0 saturated heterocycles. The number of esters is 2. The number of ether oxygens (including phenoxy) is 2. The van der Waals surface area contributed by atoms with Crippen LogP contribution in [0.3, 0.4) is 0 Å². The Balaban J connectivity index is 1.89. The third-order valence-electron chi connectivity index (χ3n) is 4.34. The van der Waals surface area contributed by atoms with Gasteiger partial charge < -0.3 is 9.47 Å². The first-order chi connectivity index (χ1) is 11.2. The van der Waals surface area contributed by atoms with Gasteiger partial charge in [-0.25, -0.2) is 0 Å². The molecule has 0 aliphatic heterocycles. The Morgan fingerprint density at radius 1 is 1.00 bits per heavy atom. The van der Waals surface area contributed by atoms with Gasteiger partial charge in [-0.3, -0.25) is 9.59 Å². The number of unbranched alkanes of at least 4 members (excludes halogenated alkanes) is 1. The molecule has 0 aromatic heterocycles. The molecule has 0 unspecified atom stereocenters. The third kappa shape index (κ3) is 5.38. The lowest BCUT2D eigenvalue weighted by atomic mass is 9.79. The van der Waals surface area contributed by atoms with Gasteiger partial charge in [-0.1, -0.05) is 56.5 Å². The predicted octanol–water partition coefficient (Wildman–Crippen LogP) is 3.88. The first-order valence-corrected chi connectivity index (χ1v) is 8.59. The van der Waals surface area contributed by atoms with E-state index in [2.05, 4.69) is 6.92 Å². The van der Waals surface area contributed by atoms with Gasteiger partial charge in [0.1, 0.15) is 6.61 Å². The Morgan fingerprint density at radius 3 is 2.22 bits per heavy atom. The lowest BCUT2D eigenvalue weighted by Gasteiger charge is -2.28. The van der Waals surface area contributed by atoms with Crippen molar-refractivity contribution in [2.75, 3.05) is 6.61 Å². The Bertz CT molecular complexity index is 497. The quantitative estimate of drug-likeness (QED) is 0.565. The lowest BCUT2D eigenvalue weighted by molar-refractivity contribution is -0.163. The maximum Gasteiger partial charge on any atom is 0.310 e. The van der Waals surface area contributed by atoms with Crippen LogP contribution in [0.15, 0.2) is 30.3 Å². The highest BCUT2D eigenvalue weighted by atomic mass is 16.5. The van der Waals surface area contributed by atoms with Crippen LogP contribution in [-0.2, 0) is 25.7 Å². The van der Waals surface area contributed by atoms with Gasteiger partial charge in [0, 0.05) is 0 Å². The third-order valence-corrected chi connectivity index (χ3v) is 4.34. The normalized spacial score (nSPS) is 20.7. The molecule has 4 nitrogen and oxygen atoms in total. The summed E-state index contributed by atoms with van der Waals surface area (Å²) in [5.74, 6) is -1.21. The molecule has 2 atom stereocenters. The first-order valence-electron chi connectivity index (χ1n) is 8.59. The number of carbonyl (C=O) groups excluding carboxylic acids is 2. The van der Waals surface area contributed by atoms with E-state index in [9.17, 15) is 9.59 Å². The average molecular weight is 318 g/mol. The van der Waals surface area contributed by atoms with Gasteiger partial charge in [0.25, 0.3) is 0 Å². The largest absolute Gasteiger partial charge is 0.465 e. The molecule has 0 amide bonds. The van der Waals surface area contributed by atoms with Crippen LogP contribution in [0.5, 0.6) is 0 Å². The van der Waals surface area contributed by atoms with Crippen LogP contribution in [0.1, 0.15) is 51.0 Å². The summed E-state index contributed by atoms with van der Waals surface area (Å²) < 4.78 is 10.7. The summed E-state index contributed by atoms with van der Waals surface area (Å²) in [6, 6.07) is 9.60. The molecule has 1 aromatic carbocycles. The van der Waals surface area contributed by atoms with Gasteiger partial charge in [0.05, 0.1) is 18.4 Å². The molecule has 1 saturated carbocycles. The zero-order valence-electron chi connectivity index (χ0n) is 13.8. The molecular weight excluding hydrogens is 292 g/mol. The fourth-order valence-corrected chi connectivity index (χ4v) is 2.95.